The number of nitrogens with zero attached hydrogens (tertiary/aromatic N) is 4. The number of fused-ring (bicyclic) bond motifs is 1. The van der Waals surface area contributed by atoms with Gasteiger partial charge in [0.25, 0.3) is 5.56 Å². The summed E-state index contributed by atoms with van der Waals surface area (Å²) in [6.07, 6.45) is 2.61. The average Bonchev–Trinajstić information content (AvgIpc) is 2.84. The van der Waals surface area contributed by atoms with Crippen LogP contribution in [0.5, 0.6) is 0 Å². The van der Waals surface area contributed by atoms with E-state index in [2.05, 4.69) is 29.0 Å². The maximum atomic E-state index is 12.3. The molecular weight excluding hydrogens is 252 g/mol. The zero-order valence-corrected chi connectivity index (χ0v) is 11.8. The van der Waals surface area contributed by atoms with Crippen molar-refractivity contribution in [2.75, 3.05) is 0 Å². The Kier molecular flexibility index (Phi) is 2.89. The van der Waals surface area contributed by atoms with Crippen LogP contribution in [0.3, 0.4) is 0 Å². The highest BCUT2D eigenvalue weighted by Gasteiger charge is 2.13. The number of hydrogen-bond acceptors (Lipinski definition) is 3. The fourth-order valence-corrected chi connectivity index (χ4v) is 2.28. The van der Waals surface area contributed by atoms with Gasteiger partial charge >= 0.3 is 0 Å². The molecule has 102 valence electrons. The van der Waals surface area contributed by atoms with E-state index in [9.17, 15) is 4.79 Å². The Morgan fingerprint density at radius 2 is 1.85 bits per heavy atom. The highest BCUT2D eigenvalue weighted by molar-refractivity contribution is 5.73. The lowest BCUT2D eigenvalue weighted by molar-refractivity contribution is 0.844. The first kappa shape index (κ1) is 12.6. The first-order valence-electron chi connectivity index (χ1n) is 6.59. The van der Waals surface area contributed by atoms with Crippen LogP contribution in [0.15, 0.2) is 35.4 Å². The van der Waals surface area contributed by atoms with Crippen LogP contribution < -0.4 is 5.56 Å². The monoisotopic (exact) mass is 268 g/mol. The summed E-state index contributed by atoms with van der Waals surface area (Å²) in [5.41, 5.74) is 3.10. The third-order valence-corrected chi connectivity index (χ3v) is 3.56. The highest BCUT2D eigenvalue weighted by Crippen LogP contribution is 2.18. The number of hydrogen-bond donors (Lipinski definition) is 0. The first-order valence-corrected chi connectivity index (χ1v) is 6.59. The van der Waals surface area contributed by atoms with Gasteiger partial charge in [0.05, 0.1) is 6.33 Å². The number of imidazole rings is 1. The molecule has 0 spiro atoms. The van der Waals surface area contributed by atoms with Gasteiger partial charge in [-0.2, -0.15) is 0 Å². The van der Waals surface area contributed by atoms with Crippen molar-refractivity contribution in [3.05, 3.63) is 46.5 Å². The quantitative estimate of drug-likeness (QED) is 0.713. The van der Waals surface area contributed by atoms with Crippen LogP contribution in [0.1, 0.15) is 12.5 Å². The molecule has 1 aromatic carbocycles. The molecule has 2 aromatic heterocycles. The summed E-state index contributed by atoms with van der Waals surface area (Å²) in [7, 11) is 3.57. The van der Waals surface area contributed by atoms with Gasteiger partial charge in [-0.25, -0.2) is 9.97 Å². The van der Waals surface area contributed by atoms with Crippen molar-refractivity contribution in [2.24, 2.45) is 14.1 Å². The smallest absolute Gasteiger partial charge is 0.281 e. The van der Waals surface area contributed by atoms with E-state index in [4.69, 9.17) is 0 Å². The van der Waals surface area contributed by atoms with Crippen LogP contribution in [0, 0.1) is 0 Å². The van der Waals surface area contributed by atoms with Gasteiger partial charge in [0.15, 0.2) is 11.2 Å². The van der Waals surface area contributed by atoms with Crippen molar-refractivity contribution in [3.8, 4) is 11.4 Å². The third kappa shape index (κ3) is 1.82. The van der Waals surface area contributed by atoms with Crippen LogP contribution >= 0.6 is 0 Å². The van der Waals surface area contributed by atoms with Crippen LogP contribution in [-0.4, -0.2) is 19.1 Å². The molecule has 3 rings (SSSR count). The summed E-state index contributed by atoms with van der Waals surface area (Å²) in [5, 5.41) is 0. The van der Waals surface area contributed by atoms with Gasteiger partial charge in [-0.3, -0.25) is 9.36 Å². The van der Waals surface area contributed by atoms with Gasteiger partial charge in [0.1, 0.15) is 5.82 Å². The van der Waals surface area contributed by atoms with E-state index < -0.39 is 0 Å². The van der Waals surface area contributed by atoms with Gasteiger partial charge in [-0.05, 0) is 12.0 Å². The van der Waals surface area contributed by atoms with E-state index in [0.717, 1.165) is 12.0 Å². The van der Waals surface area contributed by atoms with Crippen LogP contribution in [-0.2, 0) is 20.5 Å². The molecule has 3 aromatic rings. The Labute approximate surface area is 116 Å². The second-order valence-electron chi connectivity index (χ2n) is 4.88. The molecule has 0 aliphatic carbocycles. The second-order valence-corrected chi connectivity index (χ2v) is 4.88. The predicted molar refractivity (Wildman–Crippen MR) is 78.6 cm³/mol. The topological polar surface area (TPSA) is 52.7 Å². The standard InChI is InChI=1S/C15H16N4O/c1-4-10-5-7-11(8-6-10)13-17-14-12(15(20)19(13)3)16-9-18(14)2/h5-9H,4H2,1-3H3. The number of rotatable bonds is 2. The van der Waals surface area contributed by atoms with Gasteiger partial charge in [-0.1, -0.05) is 31.2 Å². The molecular formula is C15H16N4O. The molecule has 0 saturated heterocycles. The second kappa shape index (κ2) is 4.59. The van der Waals surface area contributed by atoms with Crippen molar-refractivity contribution in [1.29, 1.82) is 0 Å². The fourth-order valence-electron chi connectivity index (χ4n) is 2.28. The molecule has 0 radical (unpaired) electrons. The third-order valence-electron chi connectivity index (χ3n) is 3.56. The summed E-state index contributed by atoms with van der Waals surface area (Å²) >= 11 is 0. The van der Waals surface area contributed by atoms with Crippen molar-refractivity contribution in [1.82, 2.24) is 19.1 Å². The molecule has 0 fully saturated rings. The van der Waals surface area contributed by atoms with E-state index >= 15 is 0 Å². The molecule has 0 unspecified atom stereocenters. The summed E-state index contributed by atoms with van der Waals surface area (Å²) in [6.45, 7) is 2.12. The average molecular weight is 268 g/mol. The predicted octanol–water partition coefficient (Wildman–Crippen LogP) is 1.90. The molecule has 0 aliphatic rings. The minimum atomic E-state index is -0.120. The highest BCUT2D eigenvalue weighted by atomic mass is 16.1. The maximum absolute atomic E-state index is 12.3. The molecule has 20 heavy (non-hydrogen) atoms. The van der Waals surface area contributed by atoms with Gasteiger partial charge < -0.3 is 4.57 Å². The summed E-state index contributed by atoms with van der Waals surface area (Å²) in [4.78, 5) is 21.0. The summed E-state index contributed by atoms with van der Waals surface area (Å²) < 4.78 is 3.32. The van der Waals surface area contributed by atoms with Gasteiger partial charge in [-0.15, -0.1) is 0 Å². The molecule has 0 amide bonds. The maximum Gasteiger partial charge on any atom is 0.281 e. The van der Waals surface area contributed by atoms with Gasteiger partial charge in [0, 0.05) is 19.7 Å². The molecule has 0 bridgehead atoms. The number of aryl methyl sites for hydroxylation is 2. The van der Waals surface area contributed by atoms with Gasteiger partial charge in [0.2, 0.25) is 0 Å². The lowest BCUT2D eigenvalue weighted by Crippen LogP contribution is -2.20. The summed E-state index contributed by atoms with van der Waals surface area (Å²) in [6, 6.07) is 8.13. The van der Waals surface area contributed by atoms with Crippen LogP contribution in [0.4, 0.5) is 0 Å². The van der Waals surface area contributed by atoms with Crippen molar-refractivity contribution in [3.63, 3.8) is 0 Å². The SMILES string of the molecule is CCc1ccc(-c2nc3c(ncn3C)c(=O)n2C)cc1. The Balaban J connectivity index is 2.26. The lowest BCUT2D eigenvalue weighted by Gasteiger charge is -2.08. The lowest BCUT2D eigenvalue weighted by atomic mass is 10.1. The van der Waals surface area contributed by atoms with E-state index in [1.165, 1.54) is 5.56 Å². The zero-order chi connectivity index (χ0) is 14.3. The van der Waals surface area contributed by atoms with E-state index in [-0.39, 0.29) is 5.56 Å². The Hall–Kier alpha value is -2.43. The molecule has 0 aliphatic heterocycles. The minimum absolute atomic E-state index is 0.120. The van der Waals surface area contributed by atoms with Crippen molar-refractivity contribution < 1.29 is 0 Å². The molecule has 0 N–H and O–H groups in total. The Morgan fingerprint density at radius 1 is 1.15 bits per heavy atom. The molecule has 0 saturated carbocycles. The zero-order valence-electron chi connectivity index (χ0n) is 11.8. The van der Waals surface area contributed by atoms with Crippen LogP contribution in [0.2, 0.25) is 0 Å². The largest absolute Gasteiger partial charge is 0.318 e. The number of aromatic nitrogens is 4. The molecule has 5 nitrogen and oxygen atoms in total. The molecule has 0 atom stereocenters. The first-order chi connectivity index (χ1) is 9.61. The minimum Gasteiger partial charge on any atom is -0.318 e. The van der Waals surface area contributed by atoms with Crippen LogP contribution in [0.25, 0.3) is 22.6 Å². The normalized spacial score (nSPS) is 11.2. The number of benzene rings is 1. The van der Waals surface area contributed by atoms with E-state index in [1.807, 2.05) is 19.2 Å². The Bertz CT molecular complexity index is 827. The van der Waals surface area contributed by atoms with Crippen molar-refractivity contribution >= 4 is 11.2 Å². The fraction of sp³-hybridized carbons (Fsp3) is 0.267. The van der Waals surface area contributed by atoms with E-state index in [0.29, 0.717) is 17.0 Å². The molecule has 2 heterocycles. The molecule has 5 heteroatoms. The van der Waals surface area contributed by atoms with Crippen molar-refractivity contribution in [2.45, 2.75) is 13.3 Å². The summed E-state index contributed by atoms with van der Waals surface area (Å²) in [5.74, 6) is 0.661. The Morgan fingerprint density at radius 3 is 2.50 bits per heavy atom. The van der Waals surface area contributed by atoms with E-state index in [1.54, 1.807) is 22.5 Å².